The van der Waals surface area contributed by atoms with Crippen LogP contribution in [0.15, 0.2) is 42.5 Å². The molecule has 0 bridgehead atoms. The van der Waals surface area contributed by atoms with Gasteiger partial charge in [-0.1, -0.05) is 18.2 Å². The molecule has 3 aliphatic rings. The molecule has 2 atom stereocenters. The molecule has 31 heavy (non-hydrogen) atoms. The van der Waals surface area contributed by atoms with Gasteiger partial charge in [-0.05, 0) is 67.5 Å². The van der Waals surface area contributed by atoms with E-state index in [4.69, 9.17) is 4.98 Å². The van der Waals surface area contributed by atoms with Crippen molar-refractivity contribution in [2.24, 2.45) is 5.92 Å². The van der Waals surface area contributed by atoms with E-state index in [0.29, 0.717) is 13.0 Å². The quantitative estimate of drug-likeness (QED) is 0.709. The average molecular weight is 415 g/mol. The molecular formula is C25H26N4O2. The monoisotopic (exact) mass is 414 g/mol. The van der Waals surface area contributed by atoms with Crippen LogP contribution >= 0.6 is 0 Å². The third-order valence-electron chi connectivity index (χ3n) is 7.13. The van der Waals surface area contributed by atoms with Gasteiger partial charge in [-0.3, -0.25) is 9.59 Å². The molecule has 2 aliphatic heterocycles. The Morgan fingerprint density at radius 1 is 1.06 bits per heavy atom. The molecule has 1 N–H and O–H groups in total. The first-order valence-electron chi connectivity index (χ1n) is 11.3. The second-order valence-electron chi connectivity index (χ2n) is 9.04. The molecule has 0 spiro atoms. The molecule has 2 amide bonds. The van der Waals surface area contributed by atoms with Gasteiger partial charge in [0.15, 0.2) is 0 Å². The van der Waals surface area contributed by atoms with Gasteiger partial charge in [-0.15, -0.1) is 0 Å². The molecule has 1 aromatic heterocycles. The van der Waals surface area contributed by atoms with Crippen LogP contribution in [0.4, 0.5) is 5.69 Å². The SMILES string of the molecule is O=C1CC(C(=O)N2CCCC2c2nc3ccccc3[nH]2)CN1c1ccc2c(c1)CCC2. The topological polar surface area (TPSA) is 69.3 Å². The Morgan fingerprint density at radius 3 is 2.84 bits per heavy atom. The lowest BCUT2D eigenvalue weighted by molar-refractivity contribution is -0.136. The molecule has 158 valence electrons. The van der Waals surface area contributed by atoms with E-state index in [9.17, 15) is 9.59 Å². The fraction of sp³-hybridized carbons (Fsp3) is 0.400. The number of fused-ring (bicyclic) bond motifs is 2. The van der Waals surface area contributed by atoms with Crippen LogP contribution in [0.2, 0.25) is 0 Å². The normalized spacial score (nSPS) is 23.2. The van der Waals surface area contributed by atoms with Gasteiger partial charge in [0.1, 0.15) is 5.82 Å². The Kier molecular flexibility index (Phi) is 4.33. The molecule has 2 aromatic carbocycles. The minimum Gasteiger partial charge on any atom is -0.340 e. The number of carbonyl (C=O) groups is 2. The van der Waals surface area contributed by atoms with Crippen LogP contribution in [-0.2, 0) is 22.4 Å². The molecule has 2 saturated heterocycles. The first-order valence-corrected chi connectivity index (χ1v) is 11.3. The van der Waals surface area contributed by atoms with Crippen molar-refractivity contribution in [3.8, 4) is 0 Å². The third kappa shape index (κ3) is 3.12. The van der Waals surface area contributed by atoms with E-state index >= 15 is 0 Å². The highest BCUT2D eigenvalue weighted by atomic mass is 16.2. The third-order valence-corrected chi connectivity index (χ3v) is 7.13. The van der Waals surface area contributed by atoms with Gasteiger partial charge in [-0.2, -0.15) is 0 Å². The van der Waals surface area contributed by atoms with Crippen molar-refractivity contribution >= 4 is 28.5 Å². The molecule has 6 heteroatoms. The van der Waals surface area contributed by atoms with Gasteiger partial charge in [0, 0.05) is 25.2 Å². The molecule has 0 saturated carbocycles. The average Bonchev–Trinajstić information content (AvgIpc) is 3.57. The molecule has 0 radical (unpaired) electrons. The fourth-order valence-corrected chi connectivity index (χ4v) is 5.53. The number of nitrogens with one attached hydrogen (secondary N) is 1. The zero-order valence-electron chi connectivity index (χ0n) is 17.5. The zero-order chi connectivity index (χ0) is 20.9. The number of hydrogen-bond donors (Lipinski definition) is 1. The predicted octanol–water partition coefficient (Wildman–Crippen LogP) is 3.77. The van der Waals surface area contributed by atoms with Crippen LogP contribution in [0.25, 0.3) is 11.0 Å². The predicted molar refractivity (Wildman–Crippen MR) is 119 cm³/mol. The summed E-state index contributed by atoms with van der Waals surface area (Å²) in [7, 11) is 0. The van der Waals surface area contributed by atoms with Crippen LogP contribution in [0.3, 0.4) is 0 Å². The summed E-state index contributed by atoms with van der Waals surface area (Å²) >= 11 is 0. The van der Waals surface area contributed by atoms with Crippen molar-refractivity contribution in [2.45, 2.75) is 44.6 Å². The van der Waals surface area contributed by atoms with E-state index in [1.165, 1.54) is 17.5 Å². The van der Waals surface area contributed by atoms with Crippen molar-refractivity contribution in [3.05, 3.63) is 59.4 Å². The van der Waals surface area contributed by atoms with Gasteiger partial charge in [-0.25, -0.2) is 4.98 Å². The zero-order valence-corrected chi connectivity index (χ0v) is 17.5. The van der Waals surface area contributed by atoms with E-state index in [-0.39, 0.29) is 23.8 Å². The Morgan fingerprint density at radius 2 is 1.94 bits per heavy atom. The number of aromatic nitrogens is 2. The summed E-state index contributed by atoms with van der Waals surface area (Å²) in [5, 5.41) is 0. The van der Waals surface area contributed by atoms with E-state index in [1.54, 1.807) is 0 Å². The van der Waals surface area contributed by atoms with E-state index in [2.05, 4.69) is 17.1 Å². The Hall–Kier alpha value is -3.15. The lowest BCUT2D eigenvalue weighted by Gasteiger charge is -2.26. The minimum absolute atomic E-state index is 0.0379. The smallest absolute Gasteiger partial charge is 0.228 e. The summed E-state index contributed by atoms with van der Waals surface area (Å²) in [4.78, 5) is 38.2. The Labute approximate surface area is 181 Å². The second kappa shape index (κ2) is 7.22. The number of amides is 2. The van der Waals surface area contributed by atoms with Gasteiger partial charge >= 0.3 is 0 Å². The number of para-hydroxylation sites is 2. The van der Waals surface area contributed by atoms with Crippen molar-refractivity contribution in [3.63, 3.8) is 0 Å². The van der Waals surface area contributed by atoms with Crippen molar-refractivity contribution < 1.29 is 9.59 Å². The number of aromatic amines is 1. The summed E-state index contributed by atoms with van der Waals surface area (Å²) in [6.45, 7) is 1.20. The molecular weight excluding hydrogens is 388 g/mol. The number of carbonyl (C=O) groups excluding carboxylic acids is 2. The second-order valence-corrected chi connectivity index (χ2v) is 9.04. The summed E-state index contributed by atoms with van der Waals surface area (Å²) in [5.41, 5.74) is 5.61. The van der Waals surface area contributed by atoms with E-state index in [0.717, 1.165) is 54.8 Å². The van der Waals surface area contributed by atoms with Gasteiger partial charge < -0.3 is 14.8 Å². The summed E-state index contributed by atoms with van der Waals surface area (Å²) < 4.78 is 0. The standard InChI is InChI=1S/C25H26N4O2/c30-23-14-18(15-29(23)19-11-10-16-5-3-6-17(16)13-19)25(31)28-12-4-9-22(28)24-26-20-7-1-2-8-21(20)27-24/h1-2,7-8,10-11,13,18,22H,3-6,9,12,14-15H2,(H,26,27). The van der Waals surface area contributed by atoms with Crippen molar-refractivity contribution in [1.82, 2.24) is 14.9 Å². The molecule has 2 unspecified atom stereocenters. The summed E-state index contributed by atoms with van der Waals surface area (Å²) in [6, 6.07) is 14.3. The number of benzene rings is 2. The molecule has 3 aromatic rings. The first-order chi connectivity index (χ1) is 15.2. The number of anilines is 1. The Bertz CT molecular complexity index is 1150. The number of imidazole rings is 1. The number of hydrogen-bond acceptors (Lipinski definition) is 3. The Balaban J connectivity index is 1.22. The number of aryl methyl sites for hydroxylation is 2. The largest absolute Gasteiger partial charge is 0.340 e. The number of nitrogens with zero attached hydrogens (tertiary/aromatic N) is 3. The van der Waals surface area contributed by atoms with Crippen molar-refractivity contribution in [1.29, 1.82) is 0 Å². The number of likely N-dealkylation sites (tertiary alicyclic amines) is 1. The minimum atomic E-state index is -0.286. The molecule has 6 nitrogen and oxygen atoms in total. The van der Waals surface area contributed by atoms with E-state index < -0.39 is 0 Å². The number of rotatable bonds is 3. The summed E-state index contributed by atoms with van der Waals surface area (Å²) in [5.74, 6) is 0.702. The van der Waals surface area contributed by atoms with E-state index in [1.807, 2.05) is 40.1 Å². The highest BCUT2D eigenvalue weighted by molar-refractivity contribution is 6.00. The molecule has 1 aliphatic carbocycles. The molecule has 6 rings (SSSR count). The number of H-pyrrole nitrogens is 1. The highest BCUT2D eigenvalue weighted by Gasteiger charge is 2.41. The maximum atomic E-state index is 13.5. The fourth-order valence-electron chi connectivity index (χ4n) is 5.53. The maximum absolute atomic E-state index is 13.5. The van der Waals surface area contributed by atoms with Crippen LogP contribution in [0.5, 0.6) is 0 Å². The van der Waals surface area contributed by atoms with Crippen LogP contribution in [0, 0.1) is 5.92 Å². The highest BCUT2D eigenvalue weighted by Crippen LogP contribution is 2.36. The molecule has 3 heterocycles. The maximum Gasteiger partial charge on any atom is 0.228 e. The van der Waals surface area contributed by atoms with Crippen LogP contribution < -0.4 is 4.90 Å². The van der Waals surface area contributed by atoms with Crippen LogP contribution in [0.1, 0.15) is 48.7 Å². The van der Waals surface area contributed by atoms with Gasteiger partial charge in [0.05, 0.1) is 23.0 Å². The first kappa shape index (κ1) is 18.6. The van der Waals surface area contributed by atoms with Crippen molar-refractivity contribution in [2.75, 3.05) is 18.0 Å². The van der Waals surface area contributed by atoms with Gasteiger partial charge in [0.2, 0.25) is 11.8 Å². The van der Waals surface area contributed by atoms with Crippen LogP contribution in [-0.4, -0.2) is 39.8 Å². The molecule has 2 fully saturated rings. The lowest BCUT2D eigenvalue weighted by Crippen LogP contribution is -2.37. The van der Waals surface area contributed by atoms with Gasteiger partial charge in [0.25, 0.3) is 0 Å². The lowest BCUT2D eigenvalue weighted by atomic mass is 10.1. The summed E-state index contributed by atoms with van der Waals surface area (Å²) in [6.07, 6.45) is 5.55.